The number of epoxide rings is 1. The smallest absolute Gasteiger partial charge is 0.439 e. The van der Waals surface area contributed by atoms with Gasteiger partial charge in [-0.25, -0.2) is 0 Å². The maximum absolute atomic E-state index is 7.02. The zero-order chi connectivity index (χ0) is 22.5. The molecule has 3 rings (SSSR count). The molecule has 2 aliphatic heterocycles. The normalized spacial score (nSPS) is 39.7. The van der Waals surface area contributed by atoms with Crippen LogP contribution in [-0.4, -0.2) is 75.1 Å². The van der Waals surface area contributed by atoms with Gasteiger partial charge in [0.2, 0.25) is 0 Å². The van der Waals surface area contributed by atoms with Gasteiger partial charge >= 0.3 is 25.9 Å². The molecular weight excluding hydrogens is 465 g/mol. The van der Waals surface area contributed by atoms with Gasteiger partial charge in [0.15, 0.2) is 9.04 Å². The van der Waals surface area contributed by atoms with Crippen LogP contribution in [0.3, 0.4) is 0 Å². The molecule has 31 heavy (non-hydrogen) atoms. The third-order valence-electron chi connectivity index (χ3n) is 7.23. The molecule has 0 aromatic heterocycles. The summed E-state index contributed by atoms with van der Waals surface area (Å²) in [6.07, 6.45) is 8.30. The molecule has 0 spiro atoms. The highest BCUT2D eigenvalue weighted by Crippen LogP contribution is 2.42. The second-order valence-electron chi connectivity index (χ2n) is 9.87. The van der Waals surface area contributed by atoms with E-state index in [2.05, 4.69) is 19.6 Å². The zero-order valence-corrected chi connectivity index (χ0v) is 24.6. The van der Waals surface area contributed by atoms with Crippen molar-refractivity contribution < 1.29 is 30.7 Å². The number of ether oxygens (including phenoxy) is 1. The van der Waals surface area contributed by atoms with Gasteiger partial charge < -0.3 is 30.7 Å². The molecule has 1 saturated carbocycles. The molecule has 7 nitrogen and oxygen atoms in total. The SMILES string of the molecule is CO[Si](CC[Si]1(C)O[SiH](C)CCCCO[Si](C)(CCC2CCC3OC3C2)O1)(OC)OC. The molecule has 6 unspecified atom stereocenters. The van der Waals surface area contributed by atoms with Crippen LogP contribution in [0.15, 0.2) is 0 Å². The molecule has 6 atom stereocenters. The van der Waals surface area contributed by atoms with Crippen molar-refractivity contribution in [3.8, 4) is 0 Å². The van der Waals surface area contributed by atoms with Crippen molar-refractivity contribution >= 4 is 35.0 Å². The van der Waals surface area contributed by atoms with E-state index in [1.54, 1.807) is 21.3 Å². The lowest BCUT2D eigenvalue weighted by Crippen LogP contribution is -2.55. The predicted octanol–water partition coefficient (Wildman–Crippen LogP) is 4.16. The Balaban J connectivity index is 1.67. The van der Waals surface area contributed by atoms with E-state index in [9.17, 15) is 0 Å². The van der Waals surface area contributed by atoms with Crippen molar-refractivity contribution in [2.24, 2.45) is 5.92 Å². The number of hydrogen-bond acceptors (Lipinski definition) is 7. The van der Waals surface area contributed by atoms with Crippen molar-refractivity contribution in [3.05, 3.63) is 0 Å². The lowest BCUT2D eigenvalue weighted by Gasteiger charge is -2.41. The fourth-order valence-corrected chi connectivity index (χ4v) is 21.6. The summed E-state index contributed by atoms with van der Waals surface area (Å²) in [7, 11) is -3.72. The molecule has 0 bridgehead atoms. The van der Waals surface area contributed by atoms with Crippen LogP contribution >= 0.6 is 0 Å². The molecule has 0 aromatic rings. The Labute approximate surface area is 194 Å². The van der Waals surface area contributed by atoms with E-state index in [0.29, 0.717) is 18.3 Å². The summed E-state index contributed by atoms with van der Waals surface area (Å²) in [5, 5.41) is 0. The molecule has 0 aromatic carbocycles. The highest BCUT2D eigenvalue weighted by Gasteiger charge is 2.49. The van der Waals surface area contributed by atoms with E-state index in [4.69, 9.17) is 30.7 Å². The molecule has 3 fully saturated rings. The van der Waals surface area contributed by atoms with E-state index in [-0.39, 0.29) is 0 Å². The average Bonchev–Trinajstić information content (AvgIpc) is 3.52. The fourth-order valence-electron chi connectivity index (χ4n) is 5.20. The molecule has 3 aliphatic rings. The molecule has 2 saturated heterocycles. The van der Waals surface area contributed by atoms with Crippen molar-refractivity contribution in [2.75, 3.05) is 27.9 Å². The molecule has 11 heteroatoms. The molecule has 0 amide bonds. The van der Waals surface area contributed by atoms with Crippen LogP contribution in [0.4, 0.5) is 0 Å². The Hall–Kier alpha value is 0.588. The van der Waals surface area contributed by atoms with Crippen molar-refractivity contribution in [2.45, 2.75) is 94.6 Å². The lowest BCUT2D eigenvalue weighted by molar-refractivity contribution is 0.124. The van der Waals surface area contributed by atoms with Gasteiger partial charge in [-0.2, -0.15) is 0 Å². The molecule has 2 heterocycles. The Morgan fingerprint density at radius 3 is 2.39 bits per heavy atom. The summed E-state index contributed by atoms with van der Waals surface area (Å²) < 4.78 is 43.1. The van der Waals surface area contributed by atoms with Crippen LogP contribution in [0, 0.1) is 5.92 Å². The van der Waals surface area contributed by atoms with Crippen LogP contribution in [-0.2, 0) is 30.7 Å². The van der Waals surface area contributed by atoms with Gasteiger partial charge in [0.05, 0.1) is 12.2 Å². The first-order valence-electron chi connectivity index (χ1n) is 12.1. The van der Waals surface area contributed by atoms with E-state index in [0.717, 1.165) is 31.0 Å². The second kappa shape index (κ2) is 11.3. The van der Waals surface area contributed by atoms with Gasteiger partial charge in [0, 0.05) is 34.0 Å². The molecule has 182 valence electrons. The lowest BCUT2D eigenvalue weighted by atomic mass is 9.88. The Bertz CT molecular complexity index is 561. The van der Waals surface area contributed by atoms with E-state index < -0.39 is 35.0 Å². The zero-order valence-electron chi connectivity index (χ0n) is 20.4. The summed E-state index contributed by atoms with van der Waals surface area (Å²) in [5.74, 6) is 0.744. The van der Waals surface area contributed by atoms with Crippen LogP contribution in [0.5, 0.6) is 0 Å². The molecular formula is C20H44O7Si4. The number of fused-ring (bicyclic) bond motifs is 1. The monoisotopic (exact) mass is 508 g/mol. The number of rotatable bonds is 9. The van der Waals surface area contributed by atoms with Crippen LogP contribution in [0.25, 0.3) is 0 Å². The van der Waals surface area contributed by atoms with Gasteiger partial charge in [-0.1, -0.05) is 6.42 Å². The quantitative estimate of drug-likeness (QED) is 0.342. The summed E-state index contributed by atoms with van der Waals surface area (Å²) in [4.78, 5) is 0. The average molecular weight is 509 g/mol. The highest BCUT2D eigenvalue weighted by molar-refractivity contribution is 6.84. The Morgan fingerprint density at radius 1 is 0.968 bits per heavy atom. The predicted molar refractivity (Wildman–Crippen MR) is 130 cm³/mol. The maximum atomic E-state index is 7.02. The summed E-state index contributed by atoms with van der Waals surface area (Å²) in [6, 6.07) is 3.75. The van der Waals surface area contributed by atoms with Gasteiger partial charge in [0.25, 0.3) is 0 Å². The van der Waals surface area contributed by atoms with E-state index in [1.807, 2.05) is 0 Å². The minimum Gasteiger partial charge on any atom is -0.439 e. The standard InChI is InChI=1S/C20H44O7Si4/c1-21-31(22-2,23-3)16-15-30(6)26-28(4)13-8-7-12-24-29(5,27-30)14-11-18-9-10-19-20(17-18)25-19/h18-20,28H,7-17H2,1-6H3. The second-order valence-corrected chi connectivity index (χ2v) is 22.7. The van der Waals surface area contributed by atoms with Gasteiger partial charge in [-0.05, 0) is 75.8 Å². The first-order valence-corrected chi connectivity index (χ1v) is 21.5. The van der Waals surface area contributed by atoms with E-state index >= 15 is 0 Å². The first-order chi connectivity index (χ1) is 14.7. The third kappa shape index (κ3) is 7.54. The third-order valence-corrected chi connectivity index (χ3v) is 21.9. The van der Waals surface area contributed by atoms with Gasteiger partial charge in [-0.15, -0.1) is 0 Å². The summed E-state index contributed by atoms with van der Waals surface area (Å²) in [5.41, 5.74) is 0. The number of hydrogen-bond donors (Lipinski definition) is 0. The summed E-state index contributed by atoms with van der Waals surface area (Å²) >= 11 is 0. The Kier molecular flexibility index (Phi) is 9.59. The van der Waals surface area contributed by atoms with Crippen LogP contribution in [0.2, 0.25) is 43.8 Å². The van der Waals surface area contributed by atoms with Gasteiger partial charge in [-0.3, -0.25) is 0 Å². The minimum absolute atomic E-state index is 0.532. The minimum atomic E-state index is -2.67. The van der Waals surface area contributed by atoms with Crippen molar-refractivity contribution in [1.29, 1.82) is 0 Å². The maximum Gasteiger partial charge on any atom is 0.500 e. The topological polar surface area (TPSA) is 67.9 Å². The van der Waals surface area contributed by atoms with Crippen LogP contribution in [0.1, 0.15) is 38.5 Å². The van der Waals surface area contributed by atoms with Crippen molar-refractivity contribution in [3.63, 3.8) is 0 Å². The highest BCUT2D eigenvalue weighted by atomic mass is 28.5. The summed E-state index contributed by atoms with van der Waals surface area (Å²) in [6.45, 7) is 7.63. The van der Waals surface area contributed by atoms with Gasteiger partial charge in [0.1, 0.15) is 0 Å². The van der Waals surface area contributed by atoms with Crippen molar-refractivity contribution in [1.82, 2.24) is 0 Å². The molecule has 0 radical (unpaired) electrons. The molecule has 0 N–H and O–H groups in total. The fraction of sp³-hybridized carbons (Fsp3) is 1.00. The largest absolute Gasteiger partial charge is 0.500 e. The van der Waals surface area contributed by atoms with E-state index in [1.165, 1.54) is 38.1 Å². The first kappa shape index (κ1) is 26.2. The van der Waals surface area contributed by atoms with Crippen LogP contribution < -0.4 is 0 Å². The Morgan fingerprint density at radius 2 is 1.71 bits per heavy atom. The molecule has 1 aliphatic carbocycles.